The number of nitrogens with zero attached hydrogens (tertiary/aromatic N) is 4. The Morgan fingerprint density at radius 1 is 1.48 bits per heavy atom. The summed E-state index contributed by atoms with van der Waals surface area (Å²) in [6.07, 6.45) is 3.25. The van der Waals surface area contributed by atoms with Gasteiger partial charge in [0.25, 0.3) is 0 Å². The zero-order chi connectivity index (χ0) is 16.2. The van der Waals surface area contributed by atoms with Crippen molar-refractivity contribution in [1.29, 1.82) is 0 Å². The van der Waals surface area contributed by atoms with Crippen LogP contribution >= 0.6 is 23.1 Å². The number of carbonyl (C=O) groups excluding carboxylic acids is 1. The summed E-state index contributed by atoms with van der Waals surface area (Å²) in [4.78, 5) is 16.0. The first-order chi connectivity index (χ1) is 11.1. The molecule has 0 atom stereocenters. The molecule has 0 saturated carbocycles. The summed E-state index contributed by atoms with van der Waals surface area (Å²) in [6.45, 7) is 4.07. The highest BCUT2D eigenvalue weighted by Crippen LogP contribution is 2.27. The van der Waals surface area contributed by atoms with E-state index in [0.717, 1.165) is 0 Å². The van der Waals surface area contributed by atoms with Gasteiger partial charge in [-0.1, -0.05) is 11.8 Å². The lowest BCUT2D eigenvalue weighted by Gasteiger charge is -2.12. The predicted molar refractivity (Wildman–Crippen MR) is 89.6 cm³/mol. The molecule has 3 rings (SSSR count). The standard InChI is InChI=1S/C14H15N5O2S2/c1-9(2)19-12(10-4-3-6-21-10)17-18-14(19)23-8-11(20)16-13-15-5-7-22-13/h3-7,9H,8H2,1-2H3,(H,15,16,20). The fourth-order valence-electron chi connectivity index (χ4n) is 1.99. The molecule has 3 heterocycles. The molecule has 9 heteroatoms. The monoisotopic (exact) mass is 349 g/mol. The molecule has 3 aromatic rings. The van der Waals surface area contributed by atoms with E-state index in [4.69, 9.17) is 4.42 Å². The van der Waals surface area contributed by atoms with E-state index in [1.807, 2.05) is 35.9 Å². The first kappa shape index (κ1) is 15.8. The summed E-state index contributed by atoms with van der Waals surface area (Å²) in [5, 5.41) is 14.2. The first-order valence-electron chi connectivity index (χ1n) is 6.96. The molecule has 0 aliphatic rings. The Labute approximate surface area is 141 Å². The highest BCUT2D eigenvalue weighted by Gasteiger charge is 2.19. The molecule has 0 aromatic carbocycles. The van der Waals surface area contributed by atoms with Crippen LogP contribution in [0.1, 0.15) is 19.9 Å². The number of anilines is 1. The van der Waals surface area contributed by atoms with Crippen molar-refractivity contribution in [2.75, 3.05) is 11.1 Å². The molecule has 0 saturated heterocycles. The van der Waals surface area contributed by atoms with Crippen molar-refractivity contribution in [3.63, 3.8) is 0 Å². The summed E-state index contributed by atoms with van der Waals surface area (Å²) < 4.78 is 7.36. The lowest BCUT2D eigenvalue weighted by Crippen LogP contribution is -2.14. The molecule has 0 radical (unpaired) electrons. The smallest absolute Gasteiger partial charge is 0.236 e. The van der Waals surface area contributed by atoms with Crippen LogP contribution in [0.15, 0.2) is 39.5 Å². The third kappa shape index (κ3) is 3.62. The van der Waals surface area contributed by atoms with Crippen LogP contribution in [0.4, 0.5) is 5.13 Å². The lowest BCUT2D eigenvalue weighted by molar-refractivity contribution is -0.113. The van der Waals surface area contributed by atoms with Crippen molar-refractivity contribution < 1.29 is 9.21 Å². The van der Waals surface area contributed by atoms with E-state index in [9.17, 15) is 4.79 Å². The number of amides is 1. The molecular formula is C14H15N5O2S2. The van der Waals surface area contributed by atoms with E-state index >= 15 is 0 Å². The largest absolute Gasteiger partial charge is 0.461 e. The highest BCUT2D eigenvalue weighted by atomic mass is 32.2. The van der Waals surface area contributed by atoms with E-state index < -0.39 is 0 Å². The molecular weight excluding hydrogens is 334 g/mol. The van der Waals surface area contributed by atoms with Gasteiger partial charge >= 0.3 is 0 Å². The molecule has 0 aliphatic carbocycles. The summed E-state index contributed by atoms with van der Waals surface area (Å²) in [5.41, 5.74) is 0. The maximum atomic E-state index is 12.0. The Hall–Kier alpha value is -2.13. The van der Waals surface area contributed by atoms with Crippen LogP contribution in [0.2, 0.25) is 0 Å². The Balaban J connectivity index is 1.71. The van der Waals surface area contributed by atoms with Crippen LogP contribution < -0.4 is 5.32 Å². The Morgan fingerprint density at radius 2 is 2.35 bits per heavy atom. The molecule has 0 bridgehead atoms. The second-order valence-electron chi connectivity index (χ2n) is 4.92. The highest BCUT2D eigenvalue weighted by molar-refractivity contribution is 7.99. The number of rotatable bonds is 6. The molecule has 0 aliphatic heterocycles. The number of hydrogen-bond acceptors (Lipinski definition) is 7. The third-order valence-electron chi connectivity index (χ3n) is 2.93. The van der Waals surface area contributed by atoms with Gasteiger partial charge in [0.1, 0.15) is 0 Å². The molecule has 120 valence electrons. The van der Waals surface area contributed by atoms with E-state index in [1.54, 1.807) is 12.5 Å². The van der Waals surface area contributed by atoms with Gasteiger partial charge in [0.2, 0.25) is 11.7 Å². The minimum atomic E-state index is -0.122. The van der Waals surface area contributed by atoms with Crippen LogP contribution in [0.5, 0.6) is 0 Å². The number of nitrogens with one attached hydrogen (secondary N) is 1. The fourth-order valence-corrected chi connectivity index (χ4v) is 3.40. The second-order valence-corrected chi connectivity index (χ2v) is 6.76. The number of furan rings is 1. The van der Waals surface area contributed by atoms with Crippen LogP contribution in [-0.2, 0) is 4.79 Å². The quantitative estimate of drug-likeness (QED) is 0.687. The van der Waals surface area contributed by atoms with E-state index in [2.05, 4.69) is 20.5 Å². The van der Waals surface area contributed by atoms with Crippen molar-refractivity contribution in [2.24, 2.45) is 0 Å². The average molecular weight is 349 g/mol. The van der Waals surface area contributed by atoms with E-state index in [1.165, 1.54) is 23.1 Å². The maximum Gasteiger partial charge on any atom is 0.236 e. The van der Waals surface area contributed by atoms with E-state index in [0.29, 0.717) is 21.9 Å². The molecule has 23 heavy (non-hydrogen) atoms. The molecule has 0 spiro atoms. The van der Waals surface area contributed by atoms with Gasteiger partial charge in [-0.2, -0.15) is 0 Å². The number of aromatic nitrogens is 4. The summed E-state index contributed by atoms with van der Waals surface area (Å²) in [7, 11) is 0. The average Bonchev–Trinajstić information content (AvgIpc) is 3.25. The van der Waals surface area contributed by atoms with Gasteiger partial charge in [-0.25, -0.2) is 4.98 Å². The van der Waals surface area contributed by atoms with E-state index in [-0.39, 0.29) is 17.7 Å². The minimum Gasteiger partial charge on any atom is -0.461 e. The molecule has 7 nitrogen and oxygen atoms in total. The Morgan fingerprint density at radius 3 is 3.00 bits per heavy atom. The van der Waals surface area contributed by atoms with Crippen LogP contribution in [0.25, 0.3) is 11.6 Å². The van der Waals surface area contributed by atoms with Crippen LogP contribution in [0, 0.1) is 0 Å². The minimum absolute atomic E-state index is 0.122. The third-order valence-corrected chi connectivity index (χ3v) is 4.57. The van der Waals surface area contributed by atoms with Crippen molar-refractivity contribution in [3.8, 4) is 11.6 Å². The molecule has 1 N–H and O–H groups in total. The van der Waals surface area contributed by atoms with Crippen LogP contribution in [-0.4, -0.2) is 31.4 Å². The topological polar surface area (TPSA) is 85.8 Å². The summed E-state index contributed by atoms with van der Waals surface area (Å²) in [6, 6.07) is 3.80. The second kappa shape index (κ2) is 6.97. The maximum absolute atomic E-state index is 12.0. The van der Waals surface area contributed by atoms with Gasteiger partial charge in [0.15, 0.2) is 16.0 Å². The zero-order valence-corrected chi connectivity index (χ0v) is 14.2. The number of carbonyl (C=O) groups is 1. The Bertz CT molecular complexity index is 765. The van der Waals surface area contributed by atoms with Crippen molar-refractivity contribution >= 4 is 34.1 Å². The lowest BCUT2D eigenvalue weighted by atomic mass is 10.3. The number of hydrogen-bond donors (Lipinski definition) is 1. The number of thioether (sulfide) groups is 1. The SMILES string of the molecule is CC(C)n1c(SCC(=O)Nc2nccs2)nnc1-c1ccco1. The molecule has 1 amide bonds. The van der Waals surface area contributed by atoms with Crippen molar-refractivity contribution in [2.45, 2.75) is 25.0 Å². The first-order valence-corrected chi connectivity index (χ1v) is 8.82. The van der Waals surface area contributed by atoms with Gasteiger partial charge in [-0.15, -0.1) is 21.5 Å². The van der Waals surface area contributed by atoms with Crippen LogP contribution in [0.3, 0.4) is 0 Å². The Kier molecular flexibility index (Phi) is 4.77. The van der Waals surface area contributed by atoms with Gasteiger partial charge in [-0.05, 0) is 26.0 Å². The fraction of sp³-hybridized carbons (Fsp3) is 0.286. The zero-order valence-electron chi connectivity index (χ0n) is 12.6. The van der Waals surface area contributed by atoms with Crippen molar-refractivity contribution in [1.82, 2.24) is 19.7 Å². The molecule has 0 unspecified atom stereocenters. The summed E-state index contributed by atoms with van der Waals surface area (Å²) >= 11 is 2.72. The normalized spacial score (nSPS) is 11.1. The summed E-state index contributed by atoms with van der Waals surface area (Å²) in [5.74, 6) is 1.43. The van der Waals surface area contributed by atoms with Gasteiger partial charge in [0, 0.05) is 17.6 Å². The predicted octanol–water partition coefficient (Wildman–Crippen LogP) is 3.31. The molecule has 3 aromatic heterocycles. The van der Waals surface area contributed by atoms with Crippen molar-refractivity contribution in [3.05, 3.63) is 30.0 Å². The van der Waals surface area contributed by atoms with Gasteiger partial charge in [0.05, 0.1) is 12.0 Å². The van der Waals surface area contributed by atoms with Gasteiger partial charge in [-0.3, -0.25) is 9.36 Å². The molecule has 0 fully saturated rings. The van der Waals surface area contributed by atoms with Gasteiger partial charge < -0.3 is 9.73 Å². The number of thiazole rings is 1.